The average molecular weight is 439 g/mol. The van der Waals surface area contributed by atoms with E-state index in [0.717, 1.165) is 21.1 Å². The lowest BCUT2D eigenvalue weighted by atomic mass is 10.2. The van der Waals surface area contributed by atoms with Crippen LogP contribution in [-0.4, -0.2) is 50.8 Å². The summed E-state index contributed by atoms with van der Waals surface area (Å²) in [6.45, 7) is 4.85. The van der Waals surface area contributed by atoms with E-state index in [4.69, 9.17) is 5.14 Å². The van der Waals surface area contributed by atoms with Crippen molar-refractivity contribution in [3.8, 4) is 0 Å². The molecular weight excluding hydrogens is 412 g/mol. The van der Waals surface area contributed by atoms with Gasteiger partial charge in [-0.1, -0.05) is 12.1 Å². The SMILES string of the molecule is Cc1nc(CNC(=NCc2ccc(S(N)(=O)=O)cc2)NCC(=O)N(C)C)sc1C. The van der Waals surface area contributed by atoms with Crippen molar-refractivity contribution in [1.29, 1.82) is 0 Å². The number of nitrogens with one attached hydrogen (secondary N) is 2. The van der Waals surface area contributed by atoms with E-state index in [2.05, 4.69) is 20.6 Å². The molecule has 0 aliphatic rings. The van der Waals surface area contributed by atoms with Crippen molar-refractivity contribution in [2.24, 2.45) is 10.1 Å². The first-order valence-electron chi connectivity index (χ1n) is 8.83. The third kappa shape index (κ3) is 7.11. The topological polar surface area (TPSA) is 130 Å². The highest BCUT2D eigenvalue weighted by Crippen LogP contribution is 2.16. The molecule has 29 heavy (non-hydrogen) atoms. The van der Waals surface area contributed by atoms with Crippen LogP contribution in [0, 0.1) is 13.8 Å². The van der Waals surface area contributed by atoms with Crippen LogP contribution in [0.25, 0.3) is 0 Å². The molecule has 9 nitrogen and oxygen atoms in total. The summed E-state index contributed by atoms with van der Waals surface area (Å²) in [7, 11) is -0.361. The number of aryl methyl sites for hydroxylation is 2. The van der Waals surface area contributed by atoms with Crippen molar-refractivity contribution in [1.82, 2.24) is 20.5 Å². The Bertz CT molecular complexity index is 962. The number of nitrogens with zero attached hydrogens (tertiary/aromatic N) is 3. The first-order valence-corrected chi connectivity index (χ1v) is 11.2. The maximum absolute atomic E-state index is 11.9. The summed E-state index contributed by atoms with van der Waals surface area (Å²) in [6.07, 6.45) is 0. The Morgan fingerprint density at radius 1 is 1.21 bits per heavy atom. The Morgan fingerprint density at radius 2 is 1.86 bits per heavy atom. The number of rotatable bonds is 7. The van der Waals surface area contributed by atoms with Crippen LogP contribution in [0.4, 0.5) is 0 Å². The smallest absolute Gasteiger partial charge is 0.241 e. The monoisotopic (exact) mass is 438 g/mol. The van der Waals surface area contributed by atoms with Crippen LogP contribution in [0.5, 0.6) is 0 Å². The van der Waals surface area contributed by atoms with Crippen molar-refractivity contribution in [2.45, 2.75) is 31.8 Å². The quantitative estimate of drug-likeness (QED) is 0.432. The van der Waals surface area contributed by atoms with Gasteiger partial charge in [-0.05, 0) is 31.5 Å². The number of amides is 1. The van der Waals surface area contributed by atoms with Gasteiger partial charge in [0.25, 0.3) is 0 Å². The predicted octanol–water partition coefficient (Wildman–Crippen LogP) is 0.731. The third-order valence-corrected chi connectivity index (χ3v) is 6.06. The number of likely N-dealkylation sites (N-methyl/N-ethyl adjacent to an activating group) is 1. The molecule has 0 aliphatic heterocycles. The lowest BCUT2D eigenvalue weighted by Gasteiger charge is -2.14. The molecule has 1 amide bonds. The minimum Gasteiger partial charge on any atom is -0.350 e. The number of carbonyl (C=O) groups excluding carboxylic acids is 1. The average Bonchev–Trinajstić information content (AvgIpc) is 2.98. The lowest BCUT2D eigenvalue weighted by Crippen LogP contribution is -2.42. The first-order chi connectivity index (χ1) is 13.6. The standard InChI is InChI=1S/C18H26N6O3S2/c1-12-13(2)28-16(23-12)10-21-18(22-11-17(25)24(3)4)20-9-14-5-7-15(8-6-14)29(19,26)27/h5-8H,9-11H2,1-4H3,(H2,19,26,27)(H2,20,21,22). The maximum atomic E-state index is 11.9. The molecule has 1 aromatic carbocycles. The number of nitrogens with two attached hydrogens (primary N) is 1. The summed E-state index contributed by atoms with van der Waals surface area (Å²) in [5, 5.41) is 12.2. The van der Waals surface area contributed by atoms with Crippen LogP contribution >= 0.6 is 11.3 Å². The van der Waals surface area contributed by atoms with Gasteiger partial charge in [-0.25, -0.2) is 23.5 Å². The van der Waals surface area contributed by atoms with Gasteiger partial charge < -0.3 is 15.5 Å². The highest BCUT2D eigenvalue weighted by molar-refractivity contribution is 7.89. The molecule has 0 saturated carbocycles. The molecule has 0 fully saturated rings. The van der Waals surface area contributed by atoms with Gasteiger partial charge in [-0.2, -0.15) is 0 Å². The van der Waals surface area contributed by atoms with Crippen LogP contribution in [0.2, 0.25) is 0 Å². The fourth-order valence-corrected chi connectivity index (χ4v) is 3.61. The Kier molecular flexibility index (Phi) is 7.71. The summed E-state index contributed by atoms with van der Waals surface area (Å²) >= 11 is 1.60. The predicted molar refractivity (Wildman–Crippen MR) is 114 cm³/mol. The number of aromatic nitrogens is 1. The second-order valence-electron chi connectivity index (χ2n) is 6.60. The second kappa shape index (κ2) is 9.81. The second-order valence-corrected chi connectivity index (χ2v) is 9.45. The Balaban J connectivity index is 2.08. The van der Waals surface area contributed by atoms with Crippen LogP contribution in [0.15, 0.2) is 34.2 Å². The number of carbonyl (C=O) groups is 1. The van der Waals surface area contributed by atoms with Gasteiger partial charge in [-0.15, -0.1) is 11.3 Å². The van der Waals surface area contributed by atoms with E-state index in [1.54, 1.807) is 37.6 Å². The summed E-state index contributed by atoms with van der Waals surface area (Å²) in [4.78, 5) is 23.5. The summed E-state index contributed by atoms with van der Waals surface area (Å²) < 4.78 is 22.7. The number of benzene rings is 1. The fraction of sp³-hybridized carbons (Fsp3) is 0.389. The molecule has 0 unspecified atom stereocenters. The molecule has 1 heterocycles. The Morgan fingerprint density at radius 3 is 2.38 bits per heavy atom. The maximum Gasteiger partial charge on any atom is 0.241 e. The lowest BCUT2D eigenvalue weighted by molar-refractivity contribution is -0.127. The van der Waals surface area contributed by atoms with E-state index >= 15 is 0 Å². The van der Waals surface area contributed by atoms with Crippen molar-refractivity contribution >= 4 is 33.2 Å². The zero-order valence-electron chi connectivity index (χ0n) is 16.9. The number of aliphatic imine (C=N–C) groups is 1. The van der Waals surface area contributed by atoms with Gasteiger partial charge in [0.15, 0.2) is 5.96 Å². The van der Waals surface area contributed by atoms with Gasteiger partial charge in [0.2, 0.25) is 15.9 Å². The molecule has 0 aliphatic carbocycles. The number of thiazole rings is 1. The van der Waals surface area contributed by atoms with E-state index < -0.39 is 10.0 Å². The molecule has 0 atom stereocenters. The van der Waals surface area contributed by atoms with E-state index in [9.17, 15) is 13.2 Å². The molecule has 4 N–H and O–H groups in total. The molecule has 0 bridgehead atoms. The van der Waals surface area contributed by atoms with Gasteiger partial charge in [0.05, 0.1) is 30.2 Å². The fourth-order valence-electron chi connectivity index (χ4n) is 2.22. The van der Waals surface area contributed by atoms with Crippen molar-refractivity contribution in [3.05, 3.63) is 45.4 Å². The van der Waals surface area contributed by atoms with Crippen LogP contribution < -0.4 is 15.8 Å². The largest absolute Gasteiger partial charge is 0.350 e. The number of sulfonamides is 1. The number of hydrogen-bond acceptors (Lipinski definition) is 6. The molecule has 0 radical (unpaired) electrons. The molecule has 0 saturated heterocycles. The molecule has 2 rings (SSSR count). The van der Waals surface area contributed by atoms with E-state index in [0.29, 0.717) is 19.0 Å². The van der Waals surface area contributed by atoms with Gasteiger partial charge >= 0.3 is 0 Å². The minimum absolute atomic E-state index is 0.0489. The molecular formula is C18H26N6O3S2. The summed E-state index contributed by atoms with van der Waals surface area (Å²) in [5.74, 6) is 0.374. The van der Waals surface area contributed by atoms with Crippen molar-refractivity contribution in [2.75, 3.05) is 20.6 Å². The van der Waals surface area contributed by atoms with E-state index in [-0.39, 0.29) is 17.3 Å². The zero-order chi connectivity index (χ0) is 21.6. The number of primary sulfonamides is 1. The number of hydrogen-bond donors (Lipinski definition) is 3. The van der Waals surface area contributed by atoms with Crippen LogP contribution in [0.1, 0.15) is 21.1 Å². The summed E-state index contributed by atoms with van der Waals surface area (Å²) in [6, 6.07) is 6.19. The van der Waals surface area contributed by atoms with E-state index in [1.807, 2.05) is 13.8 Å². The van der Waals surface area contributed by atoms with E-state index in [1.165, 1.54) is 17.0 Å². The molecule has 158 valence electrons. The van der Waals surface area contributed by atoms with Gasteiger partial charge in [-0.3, -0.25) is 4.79 Å². The molecule has 2 aromatic rings. The highest BCUT2D eigenvalue weighted by Gasteiger charge is 2.09. The Hall–Kier alpha value is -2.50. The zero-order valence-corrected chi connectivity index (χ0v) is 18.5. The normalized spacial score (nSPS) is 12.0. The van der Waals surface area contributed by atoms with Gasteiger partial charge in [0, 0.05) is 19.0 Å². The summed E-state index contributed by atoms with van der Waals surface area (Å²) in [5.41, 5.74) is 1.80. The molecule has 1 aromatic heterocycles. The molecule has 11 heteroatoms. The Labute approximate surface area is 175 Å². The van der Waals surface area contributed by atoms with Crippen LogP contribution in [-0.2, 0) is 27.9 Å². The molecule has 0 spiro atoms. The number of guanidine groups is 1. The van der Waals surface area contributed by atoms with Gasteiger partial charge in [0.1, 0.15) is 5.01 Å². The van der Waals surface area contributed by atoms with Crippen molar-refractivity contribution in [3.63, 3.8) is 0 Å². The first kappa shape index (κ1) is 22.8. The highest BCUT2D eigenvalue weighted by atomic mass is 32.2. The van der Waals surface area contributed by atoms with Crippen molar-refractivity contribution < 1.29 is 13.2 Å². The third-order valence-electron chi connectivity index (χ3n) is 4.06. The minimum atomic E-state index is -3.73. The van der Waals surface area contributed by atoms with Crippen LogP contribution in [0.3, 0.4) is 0 Å².